The van der Waals surface area contributed by atoms with Crippen LogP contribution in [0.15, 0.2) is 46.0 Å². The maximum Gasteiger partial charge on any atom is 0.271 e. The summed E-state index contributed by atoms with van der Waals surface area (Å²) < 4.78 is 24.2. The van der Waals surface area contributed by atoms with Crippen LogP contribution >= 0.6 is 15.9 Å². The lowest BCUT2D eigenvalue weighted by molar-refractivity contribution is 0.0955. The van der Waals surface area contributed by atoms with Crippen molar-refractivity contribution in [2.45, 2.75) is 0 Å². The summed E-state index contributed by atoms with van der Waals surface area (Å²) in [6, 6.07) is 8.58. The molecule has 2 aromatic carbocycles. The van der Waals surface area contributed by atoms with Crippen molar-refractivity contribution in [3.05, 3.63) is 57.8 Å². The van der Waals surface area contributed by atoms with Gasteiger partial charge in [0.1, 0.15) is 12.4 Å². The van der Waals surface area contributed by atoms with Gasteiger partial charge in [-0.2, -0.15) is 5.10 Å². The van der Waals surface area contributed by atoms with Crippen LogP contribution in [0.5, 0.6) is 11.5 Å². The fourth-order valence-electron chi connectivity index (χ4n) is 1.90. The lowest BCUT2D eigenvalue weighted by atomic mass is 10.2. The summed E-state index contributed by atoms with van der Waals surface area (Å²) >= 11 is 3.38. The largest absolute Gasteiger partial charge is 0.493 e. The topological polar surface area (TPSA) is 59.9 Å². The van der Waals surface area contributed by atoms with E-state index in [0.29, 0.717) is 27.1 Å². The molecule has 0 spiro atoms. The normalized spacial score (nSPS) is 10.3. The van der Waals surface area contributed by atoms with Crippen molar-refractivity contribution < 1.29 is 18.7 Å². The van der Waals surface area contributed by atoms with E-state index < -0.39 is 11.7 Å². The molecule has 0 saturated carbocycles. The Morgan fingerprint density at radius 1 is 1.40 bits per heavy atom. The molecule has 0 bridgehead atoms. The fraction of sp³-hybridized carbons (Fsp3) is 0.111. The Labute approximate surface area is 153 Å². The number of terminal acetylenes is 1. The summed E-state index contributed by atoms with van der Waals surface area (Å²) in [6.07, 6.45) is 6.63. The number of amides is 1. The third-order valence-electron chi connectivity index (χ3n) is 3.04. The molecule has 0 unspecified atom stereocenters. The van der Waals surface area contributed by atoms with Crippen LogP contribution in [0.2, 0.25) is 0 Å². The van der Waals surface area contributed by atoms with Gasteiger partial charge >= 0.3 is 0 Å². The third kappa shape index (κ3) is 5.06. The zero-order valence-electron chi connectivity index (χ0n) is 13.3. The minimum Gasteiger partial charge on any atom is -0.493 e. The zero-order valence-corrected chi connectivity index (χ0v) is 14.8. The Balaban J connectivity index is 2.10. The van der Waals surface area contributed by atoms with Crippen molar-refractivity contribution in [2.75, 3.05) is 13.7 Å². The van der Waals surface area contributed by atoms with Crippen LogP contribution in [0, 0.1) is 18.2 Å². The minimum absolute atomic E-state index is 0.107. The molecule has 5 nitrogen and oxygen atoms in total. The maximum absolute atomic E-state index is 12.8. The second kappa shape index (κ2) is 8.85. The standard InChI is InChI=1S/C18H14BrFN2O3/c1-3-8-25-17-15(19)9-12(10-16(17)24-2)11-21-22-18(23)13-4-6-14(20)7-5-13/h1,4-7,9-11H,8H2,2H3,(H,22,23)/b21-11-. The predicted octanol–water partition coefficient (Wildman–Crippen LogP) is 3.37. The van der Waals surface area contributed by atoms with Crippen LogP contribution in [0.1, 0.15) is 15.9 Å². The number of carbonyl (C=O) groups excluding carboxylic acids is 1. The molecule has 0 radical (unpaired) electrons. The first-order valence-corrected chi connectivity index (χ1v) is 7.87. The first kappa shape index (κ1) is 18.5. The van der Waals surface area contributed by atoms with E-state index >= 15 is 0 Å². The highest BCUT2D eigenvalue weighted by Crippen LogP contribution is 2.36. The average Bonchev–Trinajstić information content (AvgIpc) is 2.61. The molecule has 0 aromatic heterocycles. The molecular weight excluding hydrogens is 391 g/mol. The molecule has 0 aliphatic heterocycles. The van der Waals surface area contributed by atoms with Gasteiger partial charge in [0.15, 0.2) is 11.5 Å². The summed E-state index contributed by atoms with van der Waals surface area (Å²) in [5, 5.41) is 3.88. The average molecular weight is 405 g/mol. The molecule has 0 atom stereocenters. The van der Waals surface area contributed by atoms with Crippen molar-refractivity contribution >= 4 is 28.1 Å². The van der Waals surface area contributed by atoms with Gasteiger partial charge in [-0.3, -0.25) is 4.79 Å². The van der Waals surface area contributed by atoms with Crippen LogP contribution in [0.3, 0.4) is 0 Å². The van der Waals surface area contributed by atoms with Crippen molar-refractivity contribution in [3.8, 4) is 23.8 Å². The summed E-state index contributed by atoms with van der Waals surface area (Å²) in [5.74, 6) is 2.47. The Morgan fingerprint density at radius 3 is 2.76 bits per heavy atom. The van der Waals surface area contributed by atoms with Gasteiger partial charge in [-0.25, -0.2) is 9.82 Å². The molecular formula is C18H14BrFN2O3. The molecule has 7 heteroatoms. The zero-order chi connectivity index (χ0) is 18.2. The van der Waals surface area contributed by atoms with Crippen LogP contribution in [0.25, 0.3) is 0 Å². The van der Waals surface area contributed by atoms with Crippen LogP contribution in [-0.4, -0.2) is 25.8 Å². The number of hydrogen-bond donors (Lipinski definition) is 1. The highest BCUT2D eigenvalue weighted by atomic mass is 79.9. The van der Waals surface area contributed by atoms with Gasteiger partial charge in [0, 0.05) is 5.56 Å². The number of benzene rings is 2. The van der Waals surface area contributed by atoms with Gasteiger partial charge in [0.2, 0.25) is 0 Å². The summed E-state index contributed by atoms with van der Waals surface area (Å²) in [5.41, 5.74) is 3.33. The van der Waals surface area contributed by atoms with Gasteiger partial charge in [0.05, 0.1) is 17.8 Å². The van der Waals surface area contributed by atoms with E-state index in [4.69, 9.17) is 15.9 Å². The van der Waals surface area contributed by atoms with Gasteiger partial charge in [-0.05, 0) is 57.9 Å². The van der Waals surface area contributed by atoms with Crippen LogP contribution < -0.4 is 14.9 Å². The second-order valence-electron chi connectivity index (χ2n) is 4.73. The monoisotopic (exact) mass is 404 g/mol. The molecule has 0 aliphatic rings. The first-order chi connectivity index (χ1) is 12.0. The highest BCUT2D eigenvalue weighted by Gasteiger charge is 2.11. The van der Waals surface area contributed by atoms with Gasteiger partial charge in [-0.15, -0.1) is 6.42 Å². The number of carbonyl (C=O) groups is 1. The minimum atomic E-state index is -0.448. The number of hydrogen-bond acceptors (Lipinski definition) is 4. The predicted molar refractivity (Wildman–Crippen MR) is 96.5 cm³/mol. The van der Waals surface area contributed by atoms with Gasteiger partial charge in [0.25, 0.3) is 5.91 Å². The summed E-state index contributed by atoms with van der Waals surface area (Å²) in [6.45, 7) is 0.107. The number of rotatable bonds is 6. The Hall–Kier alpha value is -2.85. The lowest BCUT2D eigenvalue weighted by Gasteiger charge is -2.11. The molecule has 0 heterocycles. The molecule has 1 amide bonds. The van der Waals surface area contributed by atoms with Gasteiger partial charge in [-0.1, -0.05) is 5.92 Å². The van der Waals surface area contributed by atoms with E-state index in [0.717, 1.165) is 0 Å². The Morgan fingerprint density at radius 2 is 2.12 bits per heavy atom. The fourth-order valence-corrected chi connectivity index (χ4v) is 2.47. The number of halogens is 2. The quantitative estimate of drug-likeness (QED) is 0.456. The van der Waals surface area contributed by atoms with E-state index in [1.54, 1.807) is 12.1 Å². The van der Waals surface area contributed by atoms with E-state index in [1.165, 1.54) is 37.6 Å². The molecule has 0 fully saturated rings. The number of methoxy groups -OCH3 is 1. The van der Waals surface area contributed by atoms with Crippen molar-refractivity contribution in [1.29, 1.82) is 0 Å². The second-order valence-corrected chi connectivity index (χ2v) is 5.59. The van der Waals surface area contributed by atoms with Crippen molar-refractivity contribution in [1.82, 2.24) is 5.43 Å². The highest BCUT2D eigenvalue weighted by molar-refractivity contribution is 9.10. The van der Waals surface area contributed by atoms with E-state index in [1.807, 2.05) is 0 Å². The number of hydrazone groups is 1. The number of nitrogens with zero attached hydrogens (tertiary/aromatic N) is 1. The molecule has 2 rings (SSSR count). The smallest absolute Gasteiger partial charge is 0.271 e. The Bertz CT molecular complexity index is 829. The van der Waals surface area contributed by atoms with Gasteiger partial charge < -0.3 is 9.47 Å². The van der Waals surface area contributed by atoms with Crippen molar-refractivity contribution in [2.24, 2.45) is 5.10 Å². The van der Waals surface area contributed by atoms with Crippen LogP contribution in [-0.2, 0) is 0 Å². The van der Waals surface area contributed by atoms with Crippen molar-refractivity contribution in [3.63, 3.8) is 0 Å². The molecule has 25 heavy (non-hydrogen) atoms. The van der Waals surface area contributed by atoms with E-state index in [-0.39, 0.29) is 6.61 Å². The molecule has 0 saturated heterocycles. The molecule has 2 aromatic rings. The lowest BCUT2D eigenvalue weighted by Crippen LogP contribution is -2.17. The first-order valence-electron chi connectivity index (χ1n) is 7.08. The Kier molecular flexibility index (Phi) is 6.54. The van der Waals surface area contributed by atoms with E-state index in [9.17, 15) is 9.18 Å². The maximum atomic E-state index is 12.8. The summed E-state index contributed by atoms with van der Waals surface area (Å²) in [4.78, 5) is 11.9. The molecule has 128 valence electrons. The third-order valence-corrected chi connectivity index (χ3v) is 3.63. The van der Waals surface area contributed by atoms with Crippen LogP contribution in [0.4, 0.5) is 4.39 Å². The SMILES string of the molecule is C#CCOc1c(Br)cc(/C=N\NC(=O)c2ccc(F)cc2)cc1OC. The number of ether oxygens (including phenoxy) is 2. The number of nitrogens with one attached hydrogen (secondary N) is 1. The summed E-state index contributed by atoms with van der Waals surface area (Å²) in [7, 11) is 1.50. The van der Waals surface area contributed by atoms with E-state index in [2.05, 4.69) is 32.4 Å². The molecule has 1 N–H and O–H groups in total. The molecule has 0 aliphatic carbocycles.